The number of hydrogen-bond acceptors (Lipinski definition) is 3. The molecule has 0 saturated heterocycles. The Hall–Kier alpha value is -1.13. The van der Waals surface area contributed by atoms with Gasteiger partial charge in [-0.15, -0.1) is 5.10 Å². The quantitative estimate of drug-likeness (QED) is 0.844. The number of ether oxygens (including phenoxy) is 1. The van der Waals surface area contributed by atoms with Gasteiger partial charge in [0, 0.05) is 22.8 Å². The van der Waals surface area contributed by atoms with Crippen molar-refractivity contribution in [3.63, 3.8) is 0 Å². The average Bonchev–Trinajstić information content (AvgIpc) is 2.25. The Morgan fingerprint density at radius 1 is 1.27 bits per heavy atom. The lowest BCUT2D eigenvalue weighted by molar-refractivity contribution is 0.455. The summed E-state index contributed by atoms with van der Waals surface area (Å²) in [7, 11) is 0. The molecular formula is C10H6BrClN2O. The fourth-order valence-electron chi connectivity index (χ4n) is 1.00. The van der Waals surface area contributed by atoms with Crippen LogP contribution in [0.2, 0.25) is 5.02 Å². The van der Waals surface area contributed by atoms with Gasteiger partial charge >= 0.3 is 0 Å². The maximum Gasteiger partial charge on any atom is 0.238 e. The molecule has 2 rings (SSSR count). The molecule has 3 nitrogen and oxygen atoms in total. The van der Waals surface area contributed by atoms with Gasteiger partial charge in [-0.05, 0) is 34.1 Å². The third kappa shape index (κ3) is 2.67. The second kappa shape index (κ2) is 4.59. The van der Waals surface area contributed by atoms with E-state index in [-0.39, 0.29) is 0 Å². The second-order valence-electron chi connectivity index (χ2n) is 2.74. The number of nitrogens with zero attached hydrogens (tertiary/aromatic N) is 2. The van der Waals surface area contributed by atoms with Crippen LogP contribution in [0.1, 0.15) is 0 Å². The Morgan fingerprint density at radius 3 is 2.80 bits per heavy atom. The maximum atomic E-state index is 5.92. The van der Waals surface area contributed by atoms with Crippen molar-refractivity contribution < 1.29 is 4.74 Å². The summed E-state index contributed by atoms with van der Waals surface area (Å²) in [4.78, 5) is 0. The molecular weight excluding hydrogens is 279 g/mol. The minimum Gasteiger partial charge on any atom is -0.437 e. The van der Waals surface area contributed by atoms with Gasteiger partial charge in [0.2, 0.25) is 5.88 Å². The van der Waals surface area contributed by atoms with Crippen molar-refractivity contribution in [3.05, 3.63) is 46.0 Å². The van der Waals surface area contributed by atoms with Crippen molar-refractivity contribution in [2.24, 2.45) is 0 Å². The van der Waals surface area contributed by atoms with Crippen molar-refractivity contribution >= 4 is 27.5 Å². The summed E-state index contributed by atoms with van der Waals surface area (Å²) in [6, 6.07) is 8.80. The van der Waals surface area contributed by atoms with Crippen LogP contribution in [-0.4, -0.2) is 10.2 Å². The standard InChI is InChI=1S/C10H6BrClN2O/c11-8-4-3-7(6-9(8)12)15-10-2-1-5-13-14-10/h1-6H. The van der Waals surface area contributed by atoms with Gasteiger partial charge in [-0.1, -0.05) is 11.6 Å². The van der Waals surface area contributed by atoms with Crippen LogP contribution in [0.5, 0.6) is 11.6 Å². The van der Waals surface area contributed by atoms with Crippen LogP contribution in [0.4, 0.5) is 0 Å². The molecule has 0 atom stereocenters. The molecule has 0 aliphatic rings. The third-order valence-electron chi connectivity index (χ3n) is 1.66. The van der Waals surface area contributed by atoms with E-state index >= 15 is 0 Å². The van der Waals surface area contributed by atoms with Crippen LogP contribution in [0.3, 0.4) is 0 Å². The number of halogens is 2. The number of rotatable bonds is 2. The Morgan fingerprint density at radius 2 is 2.13 bits per heavy atom. The SMILES string of the molecule is Clc1cc(Oc2cccnn2)ccc1Br. The summed E-state index contributed by atoms with van der Waals surface area (Å²) in [6.45, 7) is 0. The molecule has 0 aliphatic carbocycles. The van der Waals surface area contributed by atoms with Crippen LogP contribution < -0.4 is 4.74 Å². The van der Waals surface area contributed by atoms with Crippen molar-refractivity contribution in [2.45, 2.75) is 0 Å². The van der Waals surface area contributed by atoms with E-state index < -0.39 is 0 Å². The van der Waals surface area contributed by atoms with Crippen molar-refractivity contribution in [2.75, 3.05) is 0 Å². The average molecular weight is 286 g/mol. The normalized spacial score (nSPS) is 10.0. The highest BCUT2D eigenvalue weighted by molar-refractivity contribution is 9.10. The Labute approximate surface area is 100 Å². The molecule has 0 fully saturated rings. The number of benzene rings is 1. The van der Waals surface area contributed by atoms with Crippen LogP contribution in [0.25, 0.3) is 0 Å². The maximum absolute atomic E-state index is 5.92. The highest BCUT2D eigenvalue weighted by atomic mass is 79.9. The van der Waals surface area contributed by atoms with Crippen LogP contribution in [0, 0.1) is 0 Å². The minimum absolute atomic E-state index is 0.441. The highest BCUT2D eigenvalue weighted by Crippen LogP contribution is 2.28. The first kappa shape index (κ1) is 10.4. The predicted octanol–water partition coefficient (Wildman–Crippen LogP) is 3.68. The van der Waals surface area contributed by atoms with E-state index in [1.54, 1.807) is 30.5 Å². The molecule has 1 aromatic heterocycles. The zero-order chi connectivity index (χ0) is 10.7. The molecule has 76 valence electrons. The number of hydrogen-bond donors (Lipinski definition) is 0. The predicted molar refractivity (Wildman–Crippen MR) is 61.3 cm³/mol. The fourth-order valence-corrected chi connectivity index (χ4v) is 1.42. The van der Waals surface area contributed by atoms with E-state index in [1.807, 2.05) is 6.07 Å². The molecule has 0 unspecified atom stereocenters. The van der Waals surface area contributed by atoms with E-state index in [0.29, 0.717) is 16.7 Å². The van der Waals surface area contributed by atoms with Gasteiger partial charge in [-0.2, -0.15) is 5.10 Å². The summed E-state index contributed by atoms with van der Waals surface area (Å²) in [5, 5.41) is 8.10. The van der Waals surface area contributed by atoms with Crippen LogP contribution in [0.15, 0.2) is 41.0 Å². The van der Waals surface area contributed by atoms with Gasteiger partial charge in [0.25, 0.3) is 0 Å². The first-order chi connectivity index (χ1) is 7.25. The molecule has 0 amide bonds. The zero-order valence-corrected chi connectivity index (χ0v) is 9.86. The summed E-state index contributed by atoms with van der Waals surface area (Å²) < 4.78 is 6.26. The second-order valence-corrected chi connectivity index (χ2v) is 4.00. The topological polar surface area (TPSA) is 35.0 Å². The lowest BCUT2D eigenvalue weighted by atomic mass is 10.3. The summed E-state index contributed by atoms with van der Waals surface area (Å²) in [6.07, 6.45) is 1.58. The summed E-state index contributed by atoms with van der Waals surface area (Å²) in [5.74, 6) is 1.07. The lowest BCUT2D eigenvalue weighted by Gasteiger charge is -2.04. The van der Waals surface area contributed by atoms with E-state index in [1.165, 1.54) is 0 Å². The first-order valence-electron chi connectivity index (χ1n) is 4.16. The zero-order valence-electron chi connectivity index (χ0n) is 7.52. The largest absolute Gasteiger partial charge is 0.437 e. The Bertz CT molecular complexity index is 464. The molecule has 0 bridgehead atoms. The third-order valence-corrected chi connectivity index (χ3v) is 2.89. The van der Waals surface area contributed by atoms with Crippen molar-refractivity contribution in [3.8, 4) is 11.6 Å². The molecule has 15 heavy (non-hydrogen) atoms. The van der Waals surface area contributed by atoms with Gasteiger partial charge in [-0.25, -0.2) is 0 Å². The van der Waals surface area contributed by atoms with Gasteiger partial charge in [0.05, 0.1) is 5.02 Å². The molecule has 0 aliphatic heterocycles. The minimum atomic E-state index is 0.441. The lowest BCUT2D eigenvalue weighted by Crippen LogP contribution is -1.88. The van der Waals surface area contributed by atoms with Gasteiger partial charge in [0.1, 0.15) is 5.75 Å². The monoisotopic (exact) mass is 284 g/mol. The van der Waals surface area contributed by atoms with Crippen molar-refractivity contribution in [1.82, 2.24) is 10.2 Å². The molecule has 2 aromatic rings. The molecule has 1 heterocycles. The first-order valence-corrected chi connectivity index (χ1v) is 5.33. The van der Waals surface area contributed by atoms with Gasteiger partial charge in [0.15, 0.2) is 0 Å². The van der Waals surface area contributed by atoms with Crippen molar-refractivity contribution in [1.29, 1.82) is 0 Å². The summed E-state index contributed by atoms with van der Waals surface area (Å²) >= 11 is 9.22. The molecule has 1 aromatic carbocycles. The van der Waals surface area contributed by atoms with E-state index in [2.05, 4.69) is 26.1 Å². The smallest absolute Gasteiger partial charge is 0.238 e. The Kier molecular flexibility index (Phi) is 3.18. The number of aromatic nitrogens is 2. The van der Waals surface area contributed by atoms with Gasteiger partial charge < -0.3 is 4.74 Å². The highest BCUT2D eigenvalue weighted by Gasteiger charge is 2.01. The molecule has 5 heteroatoms. The van der Waals surface area contributed by atoms with Crippen LogP contribution >= 0.6 is 27.5 Å². The van der Waals surface area contributed by atoms with E-state index in [9.17, 15) is 0 Å². The van der Waals surface area contributed by atoms with Crippen LogP contribution in [-0.2, 0) is 0 Å². The molecule has 0 saturated carbocycles. The molecule has 0 N–H and O–H groups in total. The van der Waals surface area contributed by atoms with E-state index in [4.69, 9.17) is 16.3 Å². The van der Waals surface area contributed by atoms with E-state index in [0.717, 1.165) is 4.47 Å². The summed E-state index contributed by atoms with van der Waals surface area (Å²) in [5.41, 5.74) is 0. The Balaban J connectivity index is 2.22. The molecule has 0 spiro atoms. The van der Waals surface area contributed by atoms with Gasteiger partial charge in [-0.3, -0.25) is 0 Å². The fraction of sp³-hybridized carbons (Fsp3) is 0. The molecule has 0 radical (unpaired) electrons.